The van der Waals surface area contributed by atoms with Gasteiger partial charge in [0.15, 0.2) is 5.82 Å². The Balaban J connectivity index is 1.27. The predicted octanol–water partition coefficient (Wildman–Crippen LogP) is 11.5. The number of nitriles is 1. The lowest BCUT2D eigenvalue weighted by Crippen LogP contribution is -2.01. The van der Waals surface area contributed by atoms with Gasteiger partial charge in [0.05, 0.1) is 22.4 Å². The molecule has 0 atom stereocenters. The number of hydrogen-bond donors (Lipinski definition) is 0. The second-order valence-electron chi connectivity index (χ2n) is 12.5. The number of para-hydroxylation sites is 2. The SMILES string of the molecule is N#Cc1c(-c2ccc3ccccc3c2)nc(-c2ccccc2)nc1-c1ccc2c(c1)c1cc3oc4ccccc4c3cc1n2-c1ccccc1. The van der Waals surface area contributed by atoms with Crippen LogP contribution in [0.25, 0.3) is 94.1 Å². The highest BCUT2D eigenvalue weighted by Crippen LogP contribution is 2.41. The van der Waals surface area contributed by atoms with Crippen molar-refractivity contribution in [3.8, 4) is 45.7 Å². The van der Waals surface area contributed by atoms with Crippen molar-refractivity contribution in [2.45, 2.75) is 0 Å². The van der Waals surface area contributed by atoms with Gasteiger partial charge in [0.25, 0.3) is 0 Å². The van der Waals surface area contributed by atoms with Crippen molar-refractivity contribution >= 4 is 54.5 Å². The van der Waals surface area contributed by atoms with Crippen molar-refractivity contribution in [3.63, 3.8) is 0 Å². The first-order chi connectivity index (χ1) is 24.7. The van der Waals surface area contributed by atoms with Crippen LogP contribution in [0, 0.1) is 11.3 Å². The molecular weight excluding hydrogens is 613 g/mol. The van der Waals surface area contributed by atoms with Crippen LogP contribution < -0.4 is 0 Å². The first-order valence-electron chi connectivity index (χ1n) is 16.6. The molecular formula is C45H26N4O. The Labute approximate surface area is 286 Å². The zero-order chi connectivity index (χ0) is 33.2. The number of nitrogens with zero attached hydrogens (tertiary/aromatic N) is 4. The maximum atomic E-state index is 10.8. The lowest BCUT2D eigenvalue weighted by atomic mass is 9.97. The fourth-order valence-electron chi connectivity index (χ4n) is 7.28. The van der Waals surface area contributed by atoms with Crippen LogP contribution in [0.15, 0.2) is 162 Å². The minimum atomic E-state index is 0.436. The van der Waals surface area contributed by atoms with E-state index in [1.807, 2.05) is 72.8 Å². The summed E-state index contributed by atoms with van der Waals surface area (Å²) >= 11 is 0. The van der Waals surface area contributed by atoms with Crippen molar-refractivity contribution < 1.29 is 4.42 Å². The maximum absolute atomic E-state index is 10.8. The van der Waals surface area contributed by atoms with Gasteiger partial charge in [-0.3, -0.25) is 0 Å². The summed E-state index contributed by atoms with van der Waals surface area (Å²) in [7, 11) is 0. The summed E-state index contributed by atoms with van der Waals surface area (Å²) in [6, 6.07) is 56.2. The fraction of sp³-hybridized carbons (Fsp3) is 0. The molecule has 0 fully saturated rings. The van der Waals surface area contributed by atoms with E-state index < -0.39 is 0 Å². The van der Waals surface area contributed by atoms with Gasteiger partial charge in [0, 0.05) is 43.9 Å². The monoisotopic (exact) mass is 638 g/mol. The van der Waals surface area contributed by atoms with Crippen LogP contribution >= 0.6 is 0 Å². The Kier molecular flexibility index (Phi) is 6.17. The normalized spacial score (nSPS) is 11.6. The molecule has 0 aliphatic rings. The van der Waals surface area contributed by atoms with Gasteiger partial charge in [-0.1, -0.05) is 109 Å². The Hall–Kier alpha value is -7.03. The van der Waals surface area contributed by atoms with Gasteiger partial charge in [-0.2, -0.15) is 5.26 Å². The number of rotatable bonds is 4. The Morgan fingerprint density at radius 1 is 0.480 bits per heavy atom. The highest BCUT2D eigenvalue weighted by molar-refractivity contribution is 6.17. The first kappa shape index (κ1) is 28.0. The molecule has 50 heavy (non-hydrogen) atoms. The minimum Gasteiger partial charge on any atom is -0.456 e. The van der Waals surface area contributed by atoms with Gasteiger partial charge in [-0.05, 0) is 59.3 Å². The molecule has 0 aliphatic carbocycles. The molecule has 3 heterocycles. The van der Waals surface area contributed by atoms with Crippen LogP contribution in [0.5, 0.6) is 0 Å². The third-order valence-electron chi connectivity index (χ3n) is 9.63. The van der Waals surface area contributed by atoms with Crippen LogP contribution in [-0.4, -0.2) is 14.5 Å². The molecule has 0 saturated heterocycles. The standard InChI is InChI=1S/C45H26N4O/c46-27-38-43(31-20-19-28-11-7-8-14-30(28)23-31)47-45(29-12-3-1-4-13-29)48-44(38)32-21-22-39-35(24-32)36-26-42-37(34-17-9-10-18-41(34)50-42)25-40(36)49(39)33-15-5-2-6-16-33/h1-26H. The van der Waals surface area contributed by atoms with Gasteiger partial charge < -0.3 is 8.98 Å². The third kappa shape index (κ3) is 4.33. The molecule has 0 saturated carbocycles. The quantitative estimate of drug-likeness (QED) is 0.192. The molecule has 3 aromatic heterocycles. The lowest BCUT2D eigenvalue weighted by molar-refractivity contribution is 0.669. The van der Waals surface area contributed by atoms with Crippen molar-refractivity contribution in [3.05, 3.63) is 163 Å². The molecule has 10 rings (SSSR count). The molecule has 0 spiro atoms. The summed E-state index contributed by atoms with van der Waals surface area (Å²) < 4.78 is 8.67. The number of fused-ring (bicyclic) bond motifs is 7. The van der Waals surface area contributed by atoms with E-state index in [9.17, 15) is 5.26 Å². The van der Waals surface area contributed by atoms with Crippen LogP contribution in [0.3, 0.4) is 0 Å². The summed E-state index contributed by atoms with van der Waals surface area (Å²) in [5, 5.41) is 17.3. The van der Waals surface area contributed by atoms with Gasteiger partial charge in [0.1, 0.15) is 22.8 Å². The summed E-state index contributed by atoms with van der Waals surface area (Å²) in [5.74, 6) is 0.568. The van der Waals surface area contributed by atoms with Crippen molar-refractivity contribution in [1.82, 2.24) is 14.5 Å². The van der Waals surface area contributed by atoms with E-state index in [0.29, 0.717) is 22.8 Å². The van der Waals surface area contributed by atoms with Gasteiger partial charge >= 0.3 is 0 Å². The molecule has 0 aliphatic heterocycles. The molecule has 5 nitrogen and oxygen atoms in total. The average Bonchev–Trinajstić information content (AvgIpc) is 3.71. The molecule has 10 aromatic rings. The Morgan fingerprint density at radius 2 is 1.14 bits per heavy atom. The van der Waals surface area contributed by atoms with Crippen LogP contribution in [0.1, 0.15) is 5.56 Å². The zero-order valence-electron chi connectivity index (χ0n) is 26.7. The zero-order valence-corrected chi connectivity index (χ0v) is 26.7. The Bertz CT molecular complexity index is 2990. The van der Waals surface area contributed by atoms with E-state index >= 15 is 0 Å². The molecule has 232 valence electrons. The highest BCUT2D eigenvalue weighted by Gasteiger charge is 2.22. The summed E-state index contributed by atoms with van der Waals surface area (Å²) in [6.07, 6.45) is 0. The van der Waals surface area contributed by atoms with Gasteiger partial charge in [-0.15, -0.1) is 0 Å². The van der Waals surface area contributed by atoms with E-state index in [4.69, 9.17) is 14.4 Å². The number of benzene rings is 7. The molecule has 0 radical (unpaired) electrons. The summed E-state index contributed by atoms with van der Waals surface area (Å²) in [4.78, 5) is 10.1. The second kappa shape index (κ2) is 11.0. The molecule has 5 heteroatoms. The van der Waals surface area contributed by atoms with Crippen LogP contribution in [0.4, 0.5) is 0 Å². The van der Waals surface area contributed by atoms with E-state index in [1.54, 1.807) is 0 Å². The minimum absolute atomic E-state index is 0.436. The molecule has 7 aromatic carbocycles. The van der Waals surface area contributed by atoms with E-state index in [2.05, 4.69) is 95.6 Å². The number of aromatic nitrogens is 3. The lowest BCUT2D eigenvalue weighted by Gasteiger charge is -2.13. The third-order valence-corrected chi connectivity index (χ3v) is 9.63. The number of hydrogen-bond acceptors (Lipinski definition) is 4. The first-order valence-corrected chi connectivity index (χ1v) is 16.6. The van der Waals surface area contributed by atoms with Crippen molar-refractivity contribution in [1.29, 1.82) is 5.26 Å². The van der Waals surface area contributed by atoms with Gasteiger partial charge in [-0.25, -0.2) is 9.97 Å². The smallest absolute Gasteiger partial charge is 0.160 e. The predicted molar refractivity (Wildman–Crippen MR) is 202 cm³/mol. The topological polar surface area (TPSA) is 67.6 Å². The van der Waals surface area contributed by atoms with Crippen molar-refractivity contribution in [2.75, 3.05) is 0 Å². The van der Waals surface area contributed by atoms with Crippen LogP contribution in [0.2, 0.25) is 0 Å². The molecule has 0 N–H and O–H groups in total. The van der Waals surface area contributed by atoms with E-state index in [1.165, 1.54) is 0 Å². The highest BCUT2D eigenvalue weighted by atomic mass is 16.3. The second-order valence-corrected chi connectivity index (χ2v) is 12.5. The largest absolute Gasteiger partial charge is 0.456 e. The summed E-state index contributed by atoms with van der Waals surface area (Å²) in [5.41, 5.74) is 9.13. The summed E-state index contributed by atoms with van der Waals surface area (Å²) in [6.45, 7) is 0. The average molecular weight is 639 g/mol. The van der Waals surface area contributed by atoms with E-state index in [-0.39, 0.29) is 0 Å². The van der Waals surface area contributed by atoms with Crippen LogP contribution in [-0.2, 0) is 0 Å². The molecule has 0 amide bonds. The Morgan fingerprint density at radius 3 is 1.94 bits per heavy atom. The fourth-order valence-corrected chi connectivity index (χ4v) is 7.28. The molecule has 0 bridgehead atoms. The maximum Gasteiger partial charge on any atom is 0.160 e. The van der Waals surface area contributed by atoms with Crippen molar-refractivity contribution in [2.24, 2.45) is 0 Å². The van der Waals surface area contributed by atoms with Gasteiger partial charge in [0.2, 0.25) is 0 Å². The molecule has 0 unspecified atom stereocenters. The van der Waals surface area contributed by atoms with E-state index in [0.717, 1.165) is 76.9 Å². The number of furan rings is 1.